The number of amides is 1. The van der Waals surface area contributed by atoms with Crippen molar-refractivity contribution in [2.75, 3.05) is 13.2 Å². The number of aliphatic hydroxyl groups is 1. The van der Waals surface area contributed by atoms with Gasteiger partial charge < -0.3 is 10.4 Å². The molecule has 0 atom stereocenters. The van der Waals surface area contributed by atoms with E-state index in [2.05, 4.69) is 20.5 Å². The fraction of sp³-hybridized carbons (Fsp3) is 0.700. The highest BCUT2D eigenvalue weighted by Crippen LogP contribution is 2.37. The minimum Gasteiger partial charge on any atom is -0.396 e. The number of aromatic amines is 1. The van der Waals surface area contributed by atoms with E-state index in [-0.39, 0.29) is 18.3 Å². The van der Waals surface area contributed by atoms with Gasteiger partial charge in [-0.25, -0.2) is 4.98 Å². The highest BCUT2D eigenvalue weighted by molar-refractivity contribution is 5.90. The molecule has 0 aromatic carbocycles. The zero-order chi connectivity index (χ0) is 11.4. The van der Waals surface area contributed by atoms with Crippen LogP contribution in [-0.4, -0.2) is 39.3 Å². The Labute approximate surface area is 93.5 Å². The summed E-state index contributed by atoms with van der Waals surface area (Å²) in [6.07, 6.45) is 3.73. The van der Waals surface area contributed by atoms with E-state index < -0.39 is 0 Å². The number of nitrogens with zero attached hydrogens (tertiary/aromatic N) is 2. The molecule has 16 heavy (non-hydrogen) atoms. The fourth-order valence-electron chi connectivity index (χ4n) is 1.43. The largest absolute Gasteiger partial charge is 0.396 e. The van der Waals surface area contributed by atoms with E-state index >= 15 is 0 Å². The molecule has 88 valence electrons. The van der Waals surface area contributed by atoms with Crippen molar-refractivity contribution in [1.29, 1.82) is 0 Å². The third-order valence-electron chi connectivity index (χ3n) is 2.54. The van der Waals surface area contributed by atoms with Crippen LogP contribution in [0.5, 0.6) is 0 Å². The van der Waals surface area contributed by atoms with Crippen LogP contribution in [0.1, 0.15) is 48.0 Å². The Morgan fingerprint density at radius 2 is 2.31 bits per heavy atom. The summed E-state index contributed by atoms with van der Waals surface area (Å²) in [6, 6.07) is 0. The van der Waals surface area contributed by atoms with Gasteiger partial charge >= 0.3 is 0 Å². The van der Waals surface area contributed by atoms with E-state index in [9.17, 15) is 4.79 Å². The second kappa shape index (κ2) is 5.07. The van der Waals surface area contributed by atoms with E-state index in [1.807, 2.05) is 0 Å². The molecule has 1 saturated carbocycles. The Morgan fingerprint density at radius 3 is 3.00 bits per heavy atom. The van der Waals surface area contributed by atoms with Crippen LogP contribution in [0.2, 0.25) is 0 Å². The van der Waals surface area contributed by atoms with Crippen molar-refractivity contribution >= 4 is 5.91 Å². The first-order chi connectivity index (χ1) is 7.81. The van der Waals surface area contributed by atoms with Gasteiger partial charge in [-0.2, -0.15) is 0 Å². The van der Waals surface area contributed by atoms with Gasteiger partial charge in [-0.15, -0.1) is 5.10 Å². The quantitative estimate of drug-likeness (QED) is 0.601. The van der Waals surface area contributed by atoms with Gasteiger partial charge in [0.2, 0.25) is 5.82 Å². The van der Waals surface area contributed by atoms with Gasteiger partial charge in [-0.05, 0) is 25.7 Å². The first-order valence-corrected chi connectivity index (χ1v) is 5.62. The molecular weight excluding hydrogens is 208 g/mol. The molecule has 1 aromatic rings. The molecular formula is C10H16N4O2. The Morgan fingerprint density at radius 1 is 1.50 bits per heavy atom. The van der Waals surface area contributed by atoms with Crippen LogP contribution in [-0.2, 0) is 0 Å². The molecule has 1 aliphatic carbocycles. The number of carbonyl (C=O) groups excluding carboxylic acids is 1. The summed E-state index contributed by atoms with van der Waals surface area (Å²) in [4.78, 5) is 15.7. The van der Waals surface area contributed by atoms with Crippen LogP contribution in [0.25, 0.3) is 0 Å². The Kier molecular flexibility index (Phi) is 3.51. The SMILES string of the molecule is O=C(NCCCCO)c1n[nH]c(C2CC2)n1. The number of unbranched alkanes of at least 4 members (excludes halogenated alkanes) is 1. The van der Waals surface area contributed by atoms with Crippen molar-refractivity contribution in [3.8, 4) is 0 Å². The standard InChI is InChI=1S/C10H16N4O2/c15-6-2-1-5-11-10(16)9-12-8(13-14-9)7-3-4-7/h7,15H,1-6H2,(H,11,16)(H,12,13,14). The predicted octanol–water partition coefficient (Wildman–Crippen LogP) is 0.184. The minimum absolute atomic E-state index is 0.155. The lowest BCUT2D eigenvalue weighted by atomic mass is 10.3. The normalized spacial score (nSPS) is 15.1. The fourth-order valence-corrected chi connectivity index (χ4v) is 1.43. The molecule has 1 aromatic heterocycles. The number of hydrogen-bond acceptors (Lipinski definition) is 4. The summed E-state index contributed by atoms with van der Waals surface area (Å²) in [7, 11) is 0. The van der Waals surface area contributed by atoms with E-state index in [1.54, 1.807) is 0 Å². The first kappa shape index (κ1) is 11.1. The Bertz CT molecular complexity index is 359. The average molecular weight is 224 g/mol. The van der Waals surface area contributed by atoms with Gasteiger partial charge in [0.1, 0.15) is 5.82 Å². The summed E-state index contributed by atoms with van der Waals surface area (Å²) in [6.45, 7) is 0.703. The van der Waals surface area contributed by atoms with Crippen molar-refractivity contribution in [2.24, 2.45) is 0 Å². The van der Waals surface area contributed by atoms with Crippen molar-refractivity contribution in [3.63, 3.8) is 0 Å². The summed E-state index contributed by atoms with van der Waals surface area (Å²) in [5.74, 6) is 1.26. The highest BCUT2D eigenvalue weighted by atomic mass is 16.2. The average Bonchev–Trinajstić information content (AvgIpc) is 3.02. The van der Waals surface area contributed by atoms with Gasteiger partial charge in [0.25, 0.3) is 5.91 Å². The molecule has 1 amide bonds. The number of hydrogen-bond donors (Lipinski definition) is 3. The smallest absolute Gasteiger partial charge is 0.290 e. The van der Waals surface area contributed by atoms with Crippen molar-refractivity contribution in [2.45, 2.75) is 31.6 Å². The summed E-state index contributed by atoms with van der Waals surface area (Å²) < 4.78 is 0. The minimum atomic E-state index is -0.249. The van der Waals surface area contributed by atoms with Crippen LogP contribution >= 0.6 is 0 Å². The lowest BCUT2D eigenvalue weighted by molar-refractivity contribution is 0.0942. The number of nitrogens with one attached hydrogen (secondary N) is 2. The zero-order valence-corrected chi connectivity index (χ0v) is 9.07. The van der Waals surface area contributed by atoms with Gasteiger partial charge in [0, 0.05) is 19.1 Å². The Hall–Kier alpha value is -1.43. The second-order valence-corrected chi connectivity index (χ2v) is 4.01. The molecule has 0 saturated heterocycles. The van der Waals surface area contributed by atoms with Gasteiger partial charge in [-0.3, -0.25) is 9.89 Å². The second-order valence-electron chi connectivity index (χ2n) is 4.01. The third kappa shape index (κ3) is 2.79. The van der Waals surface area contributed by atoms with Gasteiger partial charge in [0.15, 0.2) is 0 Å². The maximum atomic E-state index is 11.5. The first-order valence-electron chi connectivity index (χ1n) is 5.62. The number of H-pyrrole nitrogens is 1. The monoisotopic (exact) mass is 224 g/mol. The number of rotatable bonds is 6. The zero-order valence-electron chi connectivity index (χ0n) is 9.07. The summed E-state index contributed by atoms with van der Waals surface area (Å²) >= 11 is 0. The molecule has 0 spiro atoms. The van der Waals surface area contributed by atoms with Crippen molar-refractivity contribution in [1.82, 2.24) is 20.5 Å². The summed E-state index contributed by atoms with van der Waals surface area (Å²) in [5.41, 5.74) is 0. The molecule has 0 bridgehead atoms. The maximum absolute atomic E-state index is 11.5. The third-order valence-corrected chi connectivity index (χ3v) is 2.54. The number of aliphatic hydroxyl groups excluding tert-OH is 1. The lowest BCUT2D eigenvalue weighted by Gasteiger charge is -2.00. The van der Waals surface area contributed by atoms with Crippen LogP contribution in [0.4, 0.5) is 0 Å². The highest BCUT2D eigenvalue weighted by Gasteiger charge is 2.28. The van der Waals surface area contributed by atoms with Crippen LogP contribution in [0.3, 0.4) is 0 Å². The molecule has 0 unspecified atom stereocenters. The molecule has 1 heterocycles. The predicted molar refractivity (Wildman–Crippen MR) is 57.0 cm³/mol. The topological polar surface area (TPSA) is 90.9 Å². The molecule has 1 aliphatic rings. The molecule has 3 N–H and O–H groups in total. The van der Waals surface area contributed by atoms with E-state index in [0.29, 0.717) is 18.9 Å². The maximum Gasteiger partial charge on any atom is 0.290 e. The van der Waals surface area contributed by atoms with Gasteiger partial charge in [-0.1, -0.05) is 0 Å². The van der Waals surface area contributed by atoms with Crippen LogP contribution in [0, 0.1) is 0 Å². The molecule has 0 aliphatic heterocycles. The lowest BCUT2D eigenvalue weighted by Crippen LogP contribution is -2.25. The molecule has 6 nitrogen and oxygen atoms in total. The molecule has 1 fully saturated rings. The Balaban J connectivity index is 1.78. The van der Waals surface area contributed by atoms with E-state index in [4.69, 9.17) is 5.11 Å². The van der Waals surface area contributed by atoms with Gasteiger partial charge in [0.05, 0.1) is 0 Å². The number of carbonyl (C=O) groups is 1. The molecule has 0 radical (unpaired) electrons. The van der Waals surface area contributed by atoms with E-state index in [1.165, 1.54) is 0 Å². The molecule has 6 heteroatoms. The molecule has 2 rings (SSSR count). The van der Waals surface area contributed by atoms with Crippen molar-refractivity contribution in [3.05, 3.63) is 11.6 Å². The van der Waals surface area contributed by atoms with Crippen molar-refractivity contribution < 1.29 is 9.90 Å². The summed E-state index contributed by atoms with van der Waals surface area (Å²) in [5, 5.41) is 18.0. The van der Waals surface area contributed by atoms with Crippen LogP contribution < -0.4 is 5.32 Å². The van der Waals surface area contributed by atoms with Crippen LogP contribution in [0.15, 0.2) is 0 Å². The number of aromatic nitrogens is 3. The van der Waals surface area contributed by atoms with E-state index in [0.717, 1.165) is 25.1 Å².